The van der Waals surface area contributed by atoms with Crippen LogP contribution in [0.25, 0.3) is 0 Å². The third-order valence-corrected chi connectivity index (χ3v) is 1.83. The summed E-state index contributed by atoms with van der Waals surface area (Å²) in [7, 11) is 0. The van der Waals surface area contributed by atoms with Crippen molar-refractivity contribution in [3.05, 3.63) is 24.5 Å². The van der Waals surface area contributed by atoms with Gasteiger partial charge in [0.15, 0.2) is 0 Å². The minimum atomic E-state index is 0.186. The first-order valence-corrected chi connectivity index (χ1v) is 5.10. The zero-order valence-electron chi connectivity index (χ0n) is 8.86. The smallest absolute Gasteiger partial charge is 0.138 e. The Morgan fingerprint density at radius 1 is 1.57 bits per heavy atom. The molecule has 0 radical (unpaired) electrons. The molecule has 0 spiro atoms. The first kappa shape index (κ1) is 11.0. The van der Waals surface area contributed by atoms with Crippen LogP contribution in [0, 0.1) is 0 Å². The molecule has 78 valence electrons. The van der Waals surface area contributed by atoms with Crippen molar-refractivity contribution < 1.29 is 4.74 Å². The second-order valence-corrected chi connectivity index (χ2v) is 3.32. The zero-order chi connectivity index (χ0) is 10.2. The number of pyridine rings is 1. The normalized spacial score (nSPS) is 12.4. The summed E-state index contributed by atoms with van der Waals surface area (Å²) < 4.78 is 5.64. The summed E-state index contributed by atoms with van der Waals surface area (Å²) in [6.07, 6.45) is 4.81. The van der Waals surface area contributed by atoms with Crippen molar-refractivity contribution in [3.8, 4) is 5.75 Å². The number of nitrogens with one attached hydrogen (secondary N) is 1. The molecule has 1 aromatic rings. The molecule has 1 atom stereocenters. The molecule has 0 saturated carbocycles. The third kappa shape index (κ3) is 4.23. The molecule has 1 heterocycles. The average Bonchev–Trinajstić information content (AvgIpc) is 2.20. The van der Waals surface area contributed by atoms with Gasteiger partial charge in [-0.25, -0.2) is 0 Å². The first-order valence-electron chi connectivity index (χ1n) is 5.10. The topological polar surface area (TPSA) is 34.1 Å². The van der Waals surface area contributed by atoms with E-state index in [1.165, 1.54) is 0 Å². The number of hydrogen-bond donors (Lipinski definition) is 1. The highest BCUT2D eigenvalue weighted by atomic mass is 16.5. The summed E-state index contributed by atoms with van der Waals surface area (Å²) in [6.45, 7) is 6.12. The monoisotopic (exact) mass is 194 g/mol. The standard InChI is InChI=1S/C11H18N2O/c1-3-6-12-8-10(2)14-11-5-4-7-13-9-11/h4-5,7,9-10,12H,3,6,8H2,1-2H3. The quantitative estimate of drug-likeness (QED) is 0.702. The molecule has 1 rings (SSSR count). The van der Waals surface area contributed by atoms with Crippen LogP contribution in [0.5, 0.6) is 5.75 Å². The van der Waals surface area contributed by atoms with Crippen LogP contribution in [-0.4, -0.2) is 24.2 Å². The lowest BCUT2D eigenvalue weighted by atomic mass is 10.3. The summed E-state index contributed by atoms with van der Waals surface area (Å²) in [4.78, 5) is 3.99. The van der Waals surface area contributed by atoms with Gasteiger partial charge in [0.2, 0.25) is 0 Å². The summed E-state index contributed by atoms with van der Waals surface area (Å²) in [5, 5.41) is 3.31. The van der Waals surface area contributed by atoms with Crippen LogP contribution in [0.15, 0.2) is 24.5 Å². The van der Waals surface area contributed by atoms with Crippen LogP contribution in [0.2, 0.25) is 0 Å². The Balaban J connectivity index is 2.23. The van der Waals surface area contributed by atoms with E-state index in [4.69, 9.17) is 4.74 Å². The van der Waals surface area contributed by atoms with Crippen molar-refractivity contribution in [2.24, 2.45) is 0 Å². The van der Waals surface area contributed by atoms with Crippen LogP contribution >= 0.6 is 0 Å². The minimum Gasteiger partial charge on any atom is -0.488 e. The van der Waals surface area contributed by atoms with E-state index in [-0.39, 0.29) is 6.10 Å². The Morgan fingerprint density at radius 2 is 2.43 bits per heavy atom. The fraction of sp³-hybridized carbons (Fsp3) is 0.545. The van der Waals surface area contributed by atoms with Crippen molar-refractivity contribution in [2.75, 3.05) is 13.1 Å². The van der Waals surface area contributed by atoms with E-state index >= 15 is 0 Å². The van der Waals surface area contributed by atoms with Crippen molar-refractivity contribution >= 4 is 0 Å². The van der Waals surface area contributed by atoms with Crippen molar-refractivity contribution in [1.29, 1.82) is 0 Å². The number of nitrogens with zero attached hydrogens (tertiary/aromatic N) is 1. The van der Waals surface area contributed by atoms with Crippen molar-refractivity contribution in [1.82, 2.24) is 10.3 Å². The molecule has 1 aromatic heterocycles. The molecule has 3 nitrogen and oxygen atoms in total. The van der Waals surface area contributed by atoms with E-state index in [0.717, 1.165) is 25.3 Å². The van der Waals surface area contributed by atoms with Crippen LogP contribution in [-0.2, 0) is 0 Å². The Morgan fingerprint density at radius 3 is 3.07 bits per heavy atom. The molecular weight excluding hydrogens is 176 g/mol. The van der Waals surface area contributed by atoms with E-state index < -0.39 is 0 Å². The summed E-state index contributed by atoms with van der Waals surface area (Å²) >= 11 is 0. The Kier molecular flexibility index (Phi) is 5.00. The van der Waals surface area contributed by atoms with Crippen molar-refractivity contribution in [3.63, 3.8) is 0 Å². The zero-order valence-corrected chi connectivity index (χ0v) is 8.86. The van der Waals surface area contributed by atoms with Gasteiger partial charge in [0, 0.05) is 12.7 Å². The number of rotatable bonds is 6. The fourth-order valence-electron chi connectivity index (χ4n) is 1.17. The van der Waals surface area contributed by atoms with E-state index in [1.54, 1.807) is 12.4 Å². The maximum Gasteiger partial charge on any atom is 0.138 e. The maximum atomic E-state index is 5.64. The lowest BCUT2D eigenvalue weighted by Gasteiger charge is -2.14. The molecule has 0 aliphatic carbocycles. The highest BCUT2D eigenvalue weighted by molar-refractivity contribution is 5.15. The summed E-state index contributed by atoms with van der Waals surface area (Å²) in [5.41, 5.74) is 0. The van der Waals surface area contributed by atoms with Gasteiger partial charge in [-0.1, -0.05) is 6.92 Å². The molecule has 0 bridgehead atoms. The molecule has 0 fully saturated rings. The van der Waals surface area contributed by atoms with Gasteiger partial charge in [0.1, 0.15) is 11.9 Å². The largest absolute Gasteiger partial charge is 0.488 e. The van der Waals surface area contributed by atoms with Gasteiger partial charge in [-0.3, -0.25) is 4.98 Å². The van der Waals surface area contributed by atoms with Gasteiger partial charge in [-0.15, -0.1) is 0 Å². The molecule has 3 heteroatoms. The van der Waals surface area contributed by atoms with E-state index in [0.29, 0.717) is 0 Å². The van der Waals surface area contributed by atoms with Gasteiger partial charge in [-0.05, 0) is 32.0 Å². The number of aromatic nitrogens is 1. The highest BCUT2D eigenvalue weighted by Crippen LogP contribution is 2.08. The number of ether oxygens (including phenoxy) is 1. The fourth-order valence-corrected chi connectivity index (χ4v) is 1.17. The molecule has 0 amide bonds. The highest BCUT2D eigenvalue weighted by Gasteiger charge is 2.02. The predicted octanol–water partition coefficient (Wildman–Crippen LogP) is 1.85. The van der Waals surface area contributed by atoms with Crippen LogP contribution in [0.1, 0.15) is 20.3 Å². The van der Waals surface area contributed by atoms with Gasteiger partial charge < -0.3 is 10.1 Å². The van der Waals surface area contributed by atoms with Crippen LogP contribution in [0.3, 0.4) is 0 Å². The molecule has 0 aliphatic heterocycles. The van der Waals surface area contributed by atoms with E-state index in [9.17, 15) is 0 Å². The van der Waals surface area contributed by atoms with Gasteiger partial charge in [0.05, 0.1) is 6.20 Å². The molecule has 14 heavy (non-hydrogen) atoms. The second kappa shape index (κ2) is 6.38. The molecule has 0 saturated heterocycles. The third-order valence-electron chi connectivity index (χ3n) is 1.83. The van der Waals surface area contributed by atoms with Crippen molar-refractivity contribution in [2.45, 2.75) is 26.4 Å². The van der Waals surface area contributed by atoms with Gasteiger partial charge in [0.25, 0.3) is 0 Å². The Bertz CT molecular complexity index is 238. The minimum absolute atomic E-state index is 0.186. The van der Waals surface area contributed by atoms with E-state index in [1.807, 2.05) is 12.1 Å². The maximum absolute atomic E-state index is 5.64. The molecule has 1 N–H and O–H groups in total. The molecular formula is C11H18N2O. The summed E-state index contributed by atoms with van der Waals surface area (Å²) in [5.74, 6) is 0.832. The van der Waals surface area contributed by atoms with E-state index in [2.05, 4.69) is 24.1 Å². The second-order valence-electron chi connectivity index (χ2n) is 3.32. The SMILES string of the molecule is CCCNCC(C)Oc1cccnc1. The predicted molar refractivity (Wildman–Crippen MR) is 57.5 cm³/mol. The lowest BCUT2D eigenvalue weighted by molar-refractivity contribution is 0.216. The van der Waals surface area contributed by atoms with Gasteiger partial charge >= 0.3 is 0 Å². The van der Waals surface area contributed by atoms with Crippen LogP contribution in [0.4, 0.5) is 0 Å². The number of hydrogen-bond acceptors (Lipinski definition) is 3. The molecule has 0 aromatic carbocycles. The summed E-state index contributed by atoms with van der Waals surface area (Å²) in [6, 6.07) is 3.80. The lowest BCUT2D eigenvalue weighted by Crippen LogP contribution is -2.29. The van der Waals surface area contributed by atoms with Gasteiger partial charge in [-0.2, -0.15) is 0 Å². The van der Waals surface area contributed by atoms with Crippen LogP contribution < -0.4 is 10.1 Å². The average molecular weight is 194 g/mol. The Labute approximate surface area is 85.5 Å². The molecule has 1 unspecified atom stereocenters. The molecule has 0 aliphatic rings. The first-order chi connectivity index (χ1) is 6.83. The Hall–Kier alpha value is -1.09.